The number of hydrogen-bond acceptors (Lipinski definition) is 0. The van der Waals surface area contributed by atoms with Crippen LogP contribution in [0, 0.1) is 13.8 Å². The fourth-order valence-corrected chi connectivity index (χ4v) is 1.71. The van der Waals surface area contributed by atoms with E-state index >= 15 is 0 Å². The fourth-order valence-electron chi connectivity index (χ4n) is 1.07. The van der Waals surface area contributed by atoms with Crippen molar-refractivity contribution >= 4 is 15.4 Å². The first-order valence-electron chi connectivity index (χ1n) is 3.09. The van der Waals surface area contributed by atoms with E-state index in [9.17, 15) is 0 Å². The van der Waals surface area contributed by atoms with Crippen LogP contribution in [0.15, 0.2) is 18.2 Å². The Morgan fingerprint density at radius 1 is 1.00 bits per heavy atom. The van der Waals surface area contributed by atoms with Gasteiger partial charge in [0, 0.05) is 10.2 Å². The van der Waals surface area contributed by atoms with Gasteiger partial charge >= 0.3 is 0 Å². The first-order valence-corrected chi connectivity index (χ1v) is 3.79. The summed E-state index contributed by atoms with van der Waals surface area (Å²) in [4.78, 5) is 0. The second-order valence-electron chi connectivity index (χ2n) is 2.50. The van der Waals surface area contributed by atoms with Crippen molar-refractivity contribution in [2.24, 2.45) is 0 Å². The maximum absolute atomic E-state index is 2.20. The zero-order valence-corrected chi connectivity index (χ0v) is 7.35. The molecule has 1 aromatic rings. The zero-order chi connectivity index (χ0) is 6.85. The van der Waals surface area contributed by atoms with Crippen molar-refractivity contribution in [3.63, 3.8) is 0 Å². The molecular weight excluding hydrogens is 124 g/mol. The SMILES string of the molecule is Cc1cc(C)cc([SiH2])c1. The molecule has 0 N–H and O–H groups in total. The maximum atomic E-state index is 2.20. The predicted molar refractivity (Wildman–Crippen MR) is 44.1 cm³/mol. The lowest BCUT2D eigenvalue weighted by atomic mass is 10.2. The van der Waals surface area contributed by atoms with Gasteiger partial charge in [0.05, 0.1) is 0 Å². The molecule has 0 spiro atoms. The van der Waals surface area contributed by atoms with Gasteiger partial charge in [-0.25, -0.2) is 0 Å². The number of hydrogen-bond donors (Lipinski definition) is 0. The predicted octanol–water partition coefficient (Wildman–Crippen LogP) is 0.562. The van der Waals surface area contributed by atoms with E-state index in [-0.39, 0.29) is 0 Å². The molecular formula is C8H11Si. The molecule has 0 bridgehead atoms. The summed E-state index contributed by atoms with van der Waals surface area (Å²) in [6, 6.07) is 6.59. The van der Waals surface area contributed by atoms with Gasteiger partial charge in [-0.3, -0.25) is 0 Å². The van der Waals surface area contributed by atoms with Gasteiger partial charge in [-0.1, -0.05) is 34.5 Å². The minimum atomic E-state index is 1.36. The fraction of sp³-hybridized carbons (Fsp3) is 0.250. The molecule has 0 nitrogen and oxygen atoms in total. The Morgan fingerprint density at radius 2 is 1.44 bits per heavy atom. The highest BCUT2D eigenvalue weighted by molar-refractivity contribution is 6.32. The highest BCUT2D eigenvalue weighted by atomic mass is 28.1. The molecule has 0 aliphatic heterocycles. The van der Waals surface area contributed by atoms with Crippen molar-refractivity contribution in [1.29, 1.82) is 0 Å². The zero-order valence-electron chi connectivity index (χ0n) is 5.94. The second-order valence-corrected chi connectivity index (χ2v) is 3.31. The van der Waals surface area contributed by atoms with Crippen LogP contribution in [0.25, 0.3) is 0 Å². The van der Waals surface area contributed by atoms with Gasteiger partial charge in [0.1, 0.15) is 0 Å². The third-order valence-corrected chi connectivity index (χ3v) is 1.69. The third kappa shape index (κ3) is 1.68. The maximum Gasteiger partial charge on any atom is 0.0477 e. The van der Waals surface area contributed by atoms with Crippen LogP contribution in [-0.2, 0) is 0 Å². The van der Waals surface area contributed by atoms with Gasteiger partial charge in [-0.15, -0.1) is 0 Å². The summed E-state index contributed by atoms with van der Waals surface area (Å²) in [6.07, 6.45) is 0. The molecule has 47 valence electrons. The van der Waals surface area contributed by atoms with E-state index in [4.69, 9.17) is 0 Å². The summed E-state index contributed by atoms with van der Waals surface area (Å²) in [5.41, 5.74) is 2.72. The van der Waals surface area contributed by atoms with Crippen molar-refractivity contribution in [1.82, 2.24) is 0 Å². The first kappa shape index (κ1) is 6.56. The molecule has 1 radical (unpaired) electrons. The summed E-state index contributed by atoms with van der Waals surface area (Å²) in [5, 5.41) is 1.38. The standard InChI is InChI=1S/C8H11Si/c1-6-3-7(2)5-8(9)4-6/h3-5H,9H2,1-2H3. The highest BCUT2D eigenvalue weighted by Gasteiger charge is 1.87. The van der Waals surface area contributed by atoms with Gasteiger partial charge in [-0.2, -0.15) is 0 Å². The summed E-state index contributed by atoms with van der Waals surface area (Å²) in [7, 11) is 1.93. The lowest BCUT2D eigenvalue weighted by molar-refractivity contribution is 1.40. The molecule has 0 fully saturated rings. The van der Waals surface area contributed by atoms with Gasteiger partial charge in [-0.05, 0) is 13.8 Å². The van der Waals surface area contributed by atoms with Gasteiger partial charge in [0.25, 0.3) is 0 Å². The smallest absolute Gasteiger partial charge is 0.0477 e. The van der Waals surface area contributed by atoms with E-state index in [0.29, 0.717) is 0 Å². The van der Waals surface area contributed by atoms with Crippen molar-refractivity contribution in [2.75, 3.05) is 0 Å². The summed E-state index contributed by atoms with van der Waals surface area (Å²) < 4.78 is 0. The lowest BCUT2D eigenvalue weighted by Gasteiger charge is -1.97. The minimum Gasteiger partial charge on any atom is -0.0692 e. The molecule has 1 rings (SSSR count). The Morgan fingerprint density at radius 3 is 1.78 bits per heavy atom. The summed E-state index contributed by atoms with van der Waals surface area (Å²) in [5.74, 6) is 0. The number of aryl methyl sites for hydroxylation is 2. The van der Waals surface area contributed by atoms with Crippen LogP contribution in [0.3, 0.4) is 0 Å². The molecule has 0 aliphatic rings. The van der Waals surface area contributed by atoms with E-state index < -0.39 is 0 Å². The normalized spacial score (nSPS) is 9.67. The first-order chi connectivity index (χ1) is 4.18. The third-order valence-electron chi connectivity index (χ3n) is 1.28. The molecule has 0 atom stereocenters. The molecule has 1 heteroatoms. The van der Waals surface area contributed by atoms with Crippen LogP contribution >= 0.6 is 0 Å². The van der Waals surface area contributed by atoms with Crippen molar-refractivity contribution in [3.8, 4) is 0 Å². The molecule has 1 aromatic carbocycles. The summed E-state index contributed by atoms with van der Waals surface area (Å²) in [6.45, 7) is 4.26. The van der Waals surface area contributed by atoms with Crippen molar-refractivity contribution < 1.29 is 0 Å². The van der Waals surface area contributed by atoms with E-state index in [2.05, 4.69) is 32.0 Å². The van der Waals surface area contributed by atoms with Crippen LogP contribution in [0.4, 0.5) is 0 Å². The molecule has 0 heterocycles. The topological polar surface area (TPSA) is 0 Å². The minimum absolute atomic E-state index is 1.36. The molecule has 0 saturated carbocycles. The van der Waals surface area contributed by atoms with E-state index in [0.717, 1.165) is 0 Å². The Labute approximate surface area is 59.3 Å². The van der Waals surface area contributed by atoms with E-state index in [1.54, 1.807) is 0 Å². The van der Waals surface area contributed by atoms with Gasteiger partial charge < -0.3 is 0 Å². The molecule has 0 aliphatic carbocycles. The Balaban J connectivity index is 3.17. The van der Waals surface area contributed by atoms with Crippen LogP contribution in [0.2, 0.25) is 0 Å². The lowest BCUT2D eigenvalue weighted by Crippen LogP contribution is -2.02. The monoisotopic (exact) mass is 135 g/mol. The van der Waals surface area contributed by atoms with E-state index in [1.165, 1.54) is 16.3 Å². The number of benzene rings is 1. The van der Waals surface area contributed by atoms with E-state index in [1.807, 2.05) is 10.2 Å². The molecule has 0 saturated heterocycles. The average molecular weight is 135 g/mol. The average Bonchev–Trinajstić information content (AvgIpc) is 1.59. The number of rotatable bonds is 0. The van der Waals surface area contributed by atoms with Crippen LogP contribution in [0.5, 0.6) is 0 Å². The quantitative estimate of drug-likeness (QED) is 0.456. The van der Waals surface area contributed by atoms with Crippen molar-refractivity contribution in [3.05, 3.63) is 29.3 Å². The van der Waals surface area contributed by atoms with Crippen molar-refractivity contribution in [2.45, 2.75) is 13.8 Å². The van der Waals surface area contributed by atoms with Gasteiger partial charge in [0.2, 0.25) is 0 Å². The van der Waals surface area contributed by atoms with Gasteiger partial charge in [0.15, 0.2) is 0 Å². The van der Waals surface area contributed by atoms with Crippen LogP contribution < -0.4 is 5.19 Å². The highest BCUT2D eigenvalue weighted by Crippen LogP contribution is 1.97. The molecule has 0 amide bonds. The summed E-state index contributed by atoms with van der Waals surface area (Å²) >= 11 is 0. The Hall–Kier alpha value is -0.563. The molecule has 9 heavy (non-hydrogen) atoms. The second kappa shape index (κ2) is 2.36. The van der Waals surface area contributed by atoms with Crippen LogP contribution in [-0.4, -0.2) is 10.2 Å². The largest absolute Gasteiger partial charge is 0.0692 e. The Bertz CT molecular complexity index is 165. The Kier molecular flexibility index (Phi) is 1.72. The molecule has 0 aromatic heterocycles. The van der Waals surface area contributed by atoms with Crippen LogP contribution in [0.1, 0.15) is 11.1 Å². The molecule has 0 unspecified atom stereocenters.